The standard InChI is InChI=1S/C34H44N8O3S/c1-2-42(28-7-8-30(36)29(19-28)32(37)25-12-17-46(45)18-13-25)34(44)27-9-14-40(20-27)21-31(43)41-15-10-24(11-16-41)23-3-5-26(6-4-23)33(38)39-22-35/h3-8,10,19,22,25,27,37H,2,9,11-18,20-21,36H2,1H3,(H3,35,38,39)/t25?,27-,46?/m1/s1. The smallest absolute Gasteiger partial charge is 0.237 e. The molecule has 11 nitrogen and oxygen atoms in total. The topological polar surface area (TPSA) is 179 Å². The van der Waals surface area contributed by atoms with E-state index in [1.807, 2.05) is 48.2 Å². The molecule has 2 saturated heterocycles. The number of nitrogens with zero attached hydrogens (tertiary/aromatic N) is 4. The van der Waals surface area contributed by atoms with Crippen molar-refractivity contribution in [1.29, 1.82) is 10.8 Å². The van der Waals surface area contributed by atoms with E-state index in [9.17, 15) is 14.1 Å². The van der Waals surface area contributed by atoms with Crippen LogP contribution < -0.4 is 16.4 Å². The maximum absolute atomic E-state index is 13.7. The Balaban J connectivity index is 1.15. The highest BCUT2D eigenvalue weighted by atomic mass is 32.2. The molecule has 0 aliphatic carbocycles. The van der Waals surface area contributed by atoms with Crippen LogP contribution in [0.5, 0.6) is 0 Å². The number of carbonyl (C=O) groups excluding carboxylic acids is 2. The quantitative estimate of drug-likeness (QED) is 0.141. The minimum absolute atomic E-state index is 0.0223. The van der Waals surface area contributed by atoms with Gasteiger partial charge < -0.3 is 31.2 Å². The van der Waals surface area contributed by atoms with Gasteiger partial charge in [0.05, 0.1) is 18.8 Å². The summed E-state index contributed by atoms with van der Waals surface area (Å²) in [4.78, 5) is 36.5. The number of aliphatic imine (C=N–C) groups is 1. The van der Waals surface area contributed by atoms with Crippen LogP contribution in [0.4, 0.5) is 11.4 Å². The third-order valence-electron chi connectivity index (χ3n) is 9.29. The molecule has 2 fully saturated rings. The van der Waals surface area contributed by atoms with Crippen LogP contribution in [0.1, 0.15) is 49.3 Å². The molecule has 12 heteroatoms. The second kappa shape index (κ2) is 15.1. The average Bonchev–Trinajstić information content (AvgIpc) is 3.54. The fourth-order valence-corrected chi connectivity index (χ4v) is 7.85. The Morgan fingerprint density at radius 3 is 2.48 bits per heavy atom. The SMILES string of the molecule is CCN(C(=O)[C@@H]1CCN(CC(=O)N2CC=C(c3ccc(C(=N)/N=C\N)cc3)CC2)C1)c1ccc(N)c(C(=N)C2CC[S+]([O-])CC2)c1. The monoisotopic (exact) mass is 644 g/mol. The first-order valence-electron chi connectivity index (χ1n) is 16.0. The van der Waals surface area contributed by atoms with Gasteiger partial charge in [-0.2, -0.15) is 0 Å². The second-order valence-corrected chi connectivity index (χ2v) is 13.8. The van der Waals surface area contributed by atoms with Crippen LogP contribution in [0, 0.1) is 22.7 Å². The van der Waals surface area contributed by atoms with E-state index in [1.54, 1.807) is 11.0 Å². The predicted octanol–water partition coefficient (Wildman–Crippen LogP) is 3.10. The third kappa shape index (κ3) is 7.68. The van der Waals surface area contributed by atoms with Crippen molar-refractivity contribution >= 4 is 57.8 Å². The minimum atomic E-state index is -0.803. The largest absolute Gasteiger partial charge is 0.616 e. The van der Waals surface area contributed by atoms with Crippen molar-refractivity contribution in [3.05, 3.63) is 65.2 Å². The van der Waals surface area contributed by atoms with Gasteiger partial charge in [0, 0.05) is 73.2 Å². The Morgan fingerprint density at radius 2 is 1.83 bits per heavy atom. The van der Waals surface area contributed by atoms with E-state index >= 15 is 0 Å². The normalized spacial score (nSPS) is 22.1. The summed E-state index contributed by atoms with van der Waals surface area (Å²) >= 11 is -0.803. The molecule has 0 radical (unpaired) electrons. The zero-order chi connectivity index (χ0) is 32.8. The van der Waals surface area contributed by atoms with Crippen LogP contribution in [0.2, 0.25) is 0 Å². The summed E-state index contributed by atoms with van der Waals surface area (Å²) in [6, 6.07) is 13.1. The van der Waals surface area contributed by atoms with Gasteiger partial charge in [0.2, 0.25) is 11.8 Å². The molecule has 0 bridgehead atoms. The average molecular weight is 645 g/mol. The van der Waals surface area contributed by atoms with Crippen molar-refractivity contribution in [2.24, 2.45) is 22.6 Å². The molecule has 244 valence electrons. The zero-order valence-electron chi connectivity index (χ0n) is 26.4. The highest BCUT2D eigenvalue weighted by Crippen LogP contribution is 2.30. The van der Waals surface area contributed by atoms with Gasteiger partial charge in [-0.05, 0) is 55.6 Å². The fourth-order valence-electron chi connectivity index (χ4n) is 6.55. The van der Waals surface area contributed by atoms with Crippen molar-refractivity contribution in [1.82, 2.24) is 9.80 Å². The number of amides is 2. The van der Waals surface area contributed by atoms with Crippen molar-refractivity contribution < 1.29 is 14.1 Å². The zero-order valence-corrected chi connectivity index (χ0v) is 27.2. The number of carbonyl (C=O) groups is 2. The molecule has 46 heavy (non-hydrogen) atoms. The Bertz CT molecular complexity index is 1520. The van der Waals surface area contributed by atoms with E-state index in [0.717, 1.165) is 24.0 Å². The van der Waals surface area contributed by atoms with Gasteiger partial charge >= 0.3 is 0 Å². The molecule has 0 aromatic heterocycles. The summed E-state index contributed by atoms with van der Waals surface area (Å²) in [5, 5.41) is 16.7. The lowest BCUT2D eigenvalue weighted by molar-refractivity contribution is -0.132. The van der Waals surface area contributed by atoms with Gasteiger partial charge in [-0.1, -0.05) is 41.5 Å². The van der Waals surface area contributed by atoms with Gasteiger partial charge in [0.1, 0.15) is 11.5 Å². The molecule has 6 N–H and O–H groups in total. The van der Waals surface area contributed by atoms with Crippen molar-refractivity contribution in [2.45, 2.75) is 32.6 Å². The lowest BCUT2D eigenvalue weighted by Gasteiger charge is -2.29. The van der Waals surface area contributed by atoms with Crippen molar-refractivity contribution in [3.63, 3.8) is 0 Å². The number of hydrogen-bond acceptors (Lipinski definition) is 7. The molecule has 0 unspecified atom stereocenters. The Kier molecular flexibility index (Phi) is 10.9. The van der Waals surface area contributed by atoms with E-state index in [-0.39, 0.29) is 36.0 Å². The molecule has 3 aliphatic rings. The third-order valence-corrected chi connectivity index (χ3v) is 10.7. The number of amidine groups is 1. The molecule has 1 atom stereocenters. The molecule has 0 saturated carbocycles. The Morgan fingerprint density at radius 1 is 1.09 bits per heavy atom. The first-order valence-corrected chi connectivity index (χ1v) is 17.4. The second-order valence-electron chi connectivity index (χ2n) is 12.1. The van der Waals surface area contributed by atoms with E-state index in [4.69, 9.17) is 22.3 Å². The van der Waals surface area contributed by atoms with Gasteiger partial charge in [-0.25, -0.2) is 4.99 Å². The molecule has 2 amide bonds. The van der Waals surface area contributed by atoms with Crippen molar-refractivity contribution in [3.8, 4) is 0 Å². The van der Waals surface area contributed by atoms with Gasteiger partial charge in [-0.15, -0.1) is 0 Å². The number of hydrogen-bond donors (Lipinski definition) is 4. The van der Waals surface area contributed by atoms with Crippen LogP contribution in [0.3, 0.4) is 0 Å². The maximum Gasteiger partial charge on any atom is 0.237 e. The van der Waals surface area contributed by atoms with E-state index in [2.05, 4.69) is 16.0 Å². The molecule has 2 aromatic carbocycles. The highest BCUT2D eigenvalue weighted by Gasteiger charge is 2.34. The number of nitrogens with one attached hydrogen (secondary N) is 2. The van der Waals surface area contributed by atoms with Gasteiger partial charge in [0.15, 0.2) is 5.84 Å². The van der Waals surface area contributed by atoms with E-state index in [1.165, 1.54) is 5.57 Å². The molecule has 2 aromatic rings. The summed E-state index contributed by atoms with van der Waals surface area (Å²) in [5.41, 5.74) is 16.9. The Hall–Kier alpha value is -4.00. The summed E-state index contributed by atoms with van der Waals surface area (Å²) in [5.74, 6) is 1.22. The molecular weight excluding hydrogens is 600 g/mol. The lowest BCUT2D eigenvalue weighted by Crippen LogP contribution is -2.42. The number of anilines is 2. The molecule has 3 heterocycles. The molecule has 3 aliphatic heterocycles. The summed E-state index contributed by atoms with van der Waals surface area (Å²) in [6.45, 7) is 5.10. The number of likely N-dealkylation sites (tertiary alicyclic amines) is 1. The Labute approximate surface area is 273 Å². The first-order chi connectivity index (χ1) is 22.2. The van der Waals surface area contributed by atoms with Crippen LogP contribution in [0.15, 0.2) is 53.5 Å². The first kappa shape index (κ1) is 33.4. The fraction of sp³-hybridized carbons (Fsp3) is 0.441. The number of benzene rings is 2. The highest BCUT2D eigenvalue weighted by molar-refractivity contribution is 7.91. The maximum atomic E-state index is 13.7. The van der Waals surface area contributed by atoms with E-state index in [0.29, 0.717) is 86.0 Å². The lowest BCUT2D eigenvalue weighted by atomic mass is 9.90. The molecule has 5 rings (SSSR count). The number of nitrogens with two attached hydrogens (primary N) is 2. The van der Waals surface area contributed by atoms with Crippen LogP contribution in [-0.4, -0.2) is 94.8 Å². The van der Waals surface area contributed by atoms with Crippen LogP contribution in [0.25, 0.3) is 5.57 Å². The summed E-state index contributed by atoms with van der Waals surface area (Å²) in [6.07, 6.45) is 6.06. The molecule has 0 spiro atoms. The number of nitrogen functional groups attached to an aromatic ring is 1. The summed E-state index contributed by atoms with van der Waals surface area (Å²) in [7, 11) is 0. The minimum Gasteiger partial charge on any atom is -0.616 e. The van der Waals surface area contributed by atoms with Crippen LogP contribution in [-0.2, 0) is 20.8 Å². The van der Waals surface area contributed by atoms with Gasteiger partial charge in [-0.3, -0.25) is 19.9 Å². The summed E-state index contributed by atoms with van der Waals surface area (Å²) < 4.78 is 11.8. The predicted molar refractivity (Wildman–Crippen MR) is 186 cm³/mol. The van der Waals surface area contributed by atoms with Crippen molar-refractivity contribution in [2.75, 3.05) is 61.4 Å². The number of rotatable bonds is 9. The van der Waals surface area contributed by atoms with E-state index < -0.39 is 11.2 Å². The van der Waals surface area contributed by atoms with Gasteiger partial charge in [0.25, 0.3) is 0 Å². The van der Waals surface area contributed by atoms with Crippen LogP contribution >= 0.6 is 0 Å². The molecular formula is C34H44N8O3S.